The summed E-state index contributed by atoms with van der Waals surface area (Å²) in [6.45, 7) is 0.507. The summed E-state index contributed by atoms with van der Waals surface area (Å²) in [4.78, 5) is 22.3. The first-order valence-corrected chi connectivity index (χ1v) is 7.05. The zero-order valence-electron chi connectivity index (χ0n) is 12.1. The van der Waals surface area contributed by atoms with Crippen LogP contribution in [0.5, 0.6) is 0 Å². The van der Waals surface area contributed by atoms with Crippen LogP contribution in [0, 0.1) is 0 Å². The molecule has 2 aromatic rings. The van der Waals surface area contributed by atoms with Crippen LogP contribution in [0.15, 0.2) is 60.7 Å². The van der Waals surface area contributed by atoms with Crippen molar-refractivity contribution in [3.8, 4) is 0 Å². The zero-order chi connectivity index (χ0) is 15.6. The Kier molecular flexibility index (Phi) is 6.48. The minimum Gasteiger partial charge on any atom is -0.363 e. The maximum atomic E-state index is 11.2. The molecule has 2 unspecified atom stereocenters. The summed E-state index contributed by atoms with van der Waals surface area (Å²) < 4.78 is 11.0. The molecule has 0 spiro atoms. The topological polar surface area (TPSA) is 52.6 Å². The van der Waals surface area contributed by atoms with E-state index in [1.165, 1.54) is 0 Å². The number of hydrogen-bond acceptors (Lipinski definition) is 4. The van der Waals surface area contributed by atoms with Gasteiger partial charge in [0.2, 0.25) is 0 Å². The molecule has 0 heterocycles. The molecule has 0 aromatic heterocycles. The third kappa shape index (κ3) is 4.91. The molecule has 0 fully saturated rings. The van der Waals surface area contributed by atoms with Gasteiger partial charge in [-0.05, 0) is 11.1 Å². The summed E-state index contributed by atoms with van der Waals surface area (Å²) in [5.41, 5.74) is 1.86. The first kappa shape index (κ1) is 16.1. The van der Waals surface area contributed by atoms with Gasteiger partial charge in [0.25, 0.3) is 0 Å². The van der Waals surface area contributed by atoms with E-state index in [4.69, 9.17) is 9.47 Å². The summed E-state index contributed by atoms with van der Waals surface area (Å²) in [6, 6.07) is 18.9. The fraction of sp³-hybridized carbons (Fsp3) is 0.222. The van der Waals surface area contributed by atoms with Crippen LogP contribution in [0.1, 0.15) is 11.1 Å². The van der Waals surface area contributed by atoms with E-state index < -0.39 is 12.2 Å². The van der Waals surface area contributed by atoms with Gasteiger partial charge in [-0.15, -0.1) is 0 Å². The van der Waals surface area contributed by atoms with Gasteiger partial charge in [-0.25, -0.2) is 0 Å². The lowest BCUT2D eigenvalue weighted by Gasteiger charge is -2.19. The van der Waals surface area contributed by atoms with E-state index in [0.717, 1.165) is 11.1 Å². The van der Waals surface area contributed by atoms with Gasteiger partial charge < -0.3 is 19.1 Å². The van der Waals surface area contributed by atoms with Gasteiger partial charge in [-0.1, -0.05) is 60.7 Å². The van der Waals surface area contributed by atoms with Gasteiger partial charge in [0, 0.05) is 0 Å². The molecule has 0 bridgehead atoms. The fourth-order valence-electron chi connectivity index (χ4n) is 1.96. The van der Waals surface area contributed by atoms with Crippen molar-refractivity contribution in [2.24, 2.45) is 0 Å². The minimum atomic E-state index is -0.915. The standard InChI is InChI=1S/C18H18O4/c19-11-17(21-13-15-7-3-1-4-8-15)18(12-20)22-14-16-9-5-2-6-10-16/h1-12,17-18H,13-14H2. The van der Waals surface area contributed by atoms with E-state index in [2.05, 4.69) is 0 Å². The van der Waals surface area contributed by atoms with E-state index in [0.29, 0.717) is 12.6 Å². The van der Waals surface area contributed by atoms with E-state index in [9.17, 15) is 9.59 Å². The Morgan fingerprint density at radius 2 is 1.05 bits per heavy atom. The lowest BCUT2D eigenvalue weighted by molar-refractivity contribution is -0.142. The normalized spacial score (nSPS) is 13.3. The Hall–Kier alpha value is -2.30. The highest BCUT2D eigenvalue weighted by Crippen LogP contribution is 2.09. The second-order valence-electron chi connectivity index (χ2n) is 4.79. The average molecular weight is 298 g/mol. The van der Waals surface area contributed by atoms with Crippen molar-refractivity contribution in [2.45, 2.75) is 25.4 Å². The Labute approximate surface area is 129 Å². The first-order chi connectivity index (χ1) is 10.8. The largest absolute Gasteiger partial charge is 0.363 e. The zero-order valence-corrected chi connectivity index (χ0v) is 12.1. The smallest absolute Gasteiger partial charge is 0.151 e. The predicted octanol–water partition coefficient (Wildman–Crippen LogP) is 2.56. The Balaban J connectivity index is 1.89. The van der Waals surface area contributed by atoms with Crippen molar-refractivity contribution in [2.75, 3.05) is 0 Å². The lowest BCUT2D eigenvalue weighted by Crippen LogP contribution is -2.34. The number of hydrogen-bond donors (Lipinski definition) is 0. The quantitative estimate of drug-likeness (QED) is 0.668. The molecular formula is C18H18O4. The third-order valence-electron chi connectivity index (χ3n) is 3.16. The molecule has 0 aliphatic heterocycles. The molecule has 0 aliphatic carbocycles. The molecule has 0 radical (unpaired) electrons. The molecule has 2 aromatic carbocycles. The van der Waals surface area contributed by atoms with Crippen LogP contribution in [0.4, 0.5) is 0 Å². The van der Waals surface area contributed by atoms with E-state index >= 15 is 0 Å². The van der Waals surface area contributed by atoms with Crippen molar-refractivity contribution in [1.29, 1.82) is 0 Å². The van der Waals surface area contributed by atoms with Crippen LogP contribution in [0.25, 0.3) is 0 Å². The Morgan fingerprint density at radius 3 is 1.36 bits per heavy atom. The molecule has 2 atom stereocenters. The molecular weight excluding hydrogens is 280 g/mol. The summed E-state index contributed by atoms with van der Waals surface area (Å²) in [5.74, 6) is 0. The molecule has 22 heavy (non-hydrogen) atoms. The van der Waals surface area contributed by atoms with Crippen molar-refractivity contribution in [3.05, 3.63) is 71.8 Å². The third-order valence-corrected chi connectivity index (χ3v) is 3.16. The van der Waals surface area contributed by atoms with Crippen LogP contribution >= 0.6 is 0 Å². The van der Waals surface area contributed by atoms with Gasteiger partial charge in [0.1, 0.15) is 12.2 Å². The Bertz CT molecular complexity index is 515. The number of carbonyl (C=O) groups is 2. The second kappa shape index (κ2) is 8.87. The number of ether oxygens (including phenoxy) is 2. The van der Waals surface area contributed by atoms with Crippen LogP contribution in [-0.4, -0.2) is 24.8 Å². The fourth-order valence-corrected chi connectivity index (χ4v) is 1.96. The van der Waals surface area contributed by atoms with Crippen LogP contribution in [0.3, 0.4) is 0 Å². The minimum absolute atomic E-state index is 0.253. The summed E-state index contributed by atoms with van der Waals surface area (Å²) >= 11 is 0. The number of aldehydes is 2. The highest BCUT2D eigenvalue weighted by Gasteiger charge is 2.22. The monoisotopic (exact) mass is 298 g/mol. The van der Waals surface area contributed by atoms with Gasteiger partial charge in [-0.3, -0.25) is 0 Å². The van der Waals surface area contributed by atoms with Gasteiger partial charge in [0.15, 0.2) is 12.6 Å². The molecule has 114 valence electrons. The summed E-state index contributed by atoms with van der Waals surface area (Å²) in [5, 5.41) is 0. The van der Waals surface area contributed by atoms with Crippen molar-refractivity contribution in [1.82, 2.24) is 0 Å². The second-order valence-corrected chi connectivity index (χ2v) is 4.79. The molecule has 0 N–H and O–H groups in total. The van der Waals surface area contributed by atoms with Crippen LogP contribution in [-0.2, 0) is 32.3 Å². The number of benzene rings is 2. The predicted molar refractivity (Wildman–Crippen MR) is 82.2 cm³/mol. The summed E-state index contributed by atoms with van der Waals surface area (Å²) in [7, 11) is 0. The molecule has 4 nitrogen and oxygen atoms in total. The molecule has 4 heteroatoms. The average Bonchev–Trinajstić information content (AvgIpc) is 2.59. The van der Waals surface area contributed by atoms with Gasteiger partial charge in [0.05, 0.1) is 13.2 Å². The molecule has 0 amide bonds. The molecule has 0 aliphatic rings. The van der Waals surface area contributed by atoms with Crippen molar-refractivity contribution in [3.63, 3.8) is 0 Å². The first-order valence-electron chi connectivity index (χ1n) is 7.05. The molecule has 0 saturated heterocycles. The van der Waals surface area contributed by atoms with E-state index in [1.807, 2.05) is 60.7 Å². The summed E-state index contributed by atoms with van der Waals surface area (Å²) in [6.07, 6.45) is -0.622. The maximum Gasteiger partial charge on any atom is 0.151 e. The van der Waals surface area contributed by atoms with Crippen LogP contribution in [0.2, 0.25) is 0 Å². The highest BCUT2D eigenvalue weighted by atomic mass is 16.5. The highest BCUT2D eigenvalue weighted by molar-refractivity contribution is 5.68. The molecule has 0 saturated carbocycles. The van der Waals surface area contributed by atoms with E-state index in [-0.39, 0.29) is 13.2 Å². The van der Waals surface area contributed by atoms with Crippen molar-refractivity contribution >= 4 is 12.6 Å². The molecule has 2 rings (SSSR count). The van der Waals surface area contributed by atoms with E-state index in [1.54, 1.807) is 0 Å². The maximum absolute atomic E-state index is 11.2. The van der Waals surface area contributed by atoms with Gasteiger partial charge >= 0.3 is 0 Å². The van der Waals surface area contributed by atoms with Crippen LogP contribution < -0.4 is 0 Å². The lowest BCUT2D eigenvalue weighted by atomic mass is 10.2. The SMILES string of the molecule is O=CC(OCc1ccccc1)C(C=O)OCc1ccccc1. The van der Waals surface area contributed by atoms with Crippen molar-refractivity contribution < 1.29 is 19.1 Å². The number of carbonyl (C=O) groups excluding carboxylic acids is 2. The van der Waals surface area contributed by atoms with Gasteiger partial charge in [-0.2, -0.15) is 0 Å². The number of rotatable bonds is 9. The Morgan fingerprint density at radius 1 is 0.682 bits per heavy atom.